The van der Waals surface area contributed by atoms with E-state index in [9.17, 15) is 9.59 Å². The highest BCUT2D eigenvalue weighted by atomic mass is 32.1. The SMILES string of the molecule is Nc1nc(-c2ccc(NC(=O)CN(CC3CCCCC3)C(=O)COc3ccccn3)cc2)cs1. The average molecular weight is 480 g/mol. The van der Waals surface area contributed by atoms with E-state index in [1.165, 1.54) is 30.6 Å². The van der Waals surface area contributed by atoms with Crippen LogP contribution in [0.5, 0.6) is 5.88 Å². The normalized spacial score (nSPS) is 13.9. The predicted molar refractivity (Wildman–Crippen MR) is 133 cm³/mol. The Morgan fingerprint density at radius 2 is 1.91 bits per heavy atom. The first kappa shape index (κ1) is 23.7. The molecule has 2 aromatic heterocycles. The van der Waals surface area contributed by atoms with Crippen LogP contribution in [0.3, 0.4) is 0 Å². The number of rotatable bonds is 9. The van der Waals surface area contributed by atoms with Gasteiger partial charge in [0, 0.05) is 35.4 Å². The second-order valence-corrected chi connectivity index (χ2v) is 9.32. The molecule has 4 rings (SSSR count). The Kier molecular flexibility index (Phi) is 8.08. The summed E-state index contributed by atoms with van der Waals surface area (Å²) in [5.41, 5.74) is 8.10. The van der Waals surface area contributed by atoms with E-state index in [1.54, 1.807) is 29.3 Å². The number of thiazole rings is 1. The number of anilines is 2. The molecule has 1 aliphatic carbocycles. The largest absolute Gasteiger partial charge is 0.468 e. The molecular weight excluding hydrogens is 450 g/mol. The van der Waals surface area contributed by atoms with Crippen molar-refractivity contribution in [1.29, 1.82) is 0 Å². The van der Waals surface area contributed by atoms with Gasteiger partial charge in [-0.05, 0) is 37.0 Å². The van der Waals surface area contributed by atoms with Crippen LogP contribution in [0.2, 0.25) is 0 Å². The highest BCUT2D eigenvalue weighted by Crippen LogP contribution is 2.26. The van der Waals surface area contributed by atoms with Crippen LogP contribution in [0.1, 0.15) is 32.1 Å². The molecule has 0 unspecified atom stereocenters. The topological polar surface area (TPSA) is 110 Å². The Morgan fingerprint density at radius 3 is 2.59 bits per heavy atom. The number of nitrogens with two attached hydrogens (primary N) is 1. The second-order valence-electron chi connectivity index (χ2n) is 8.43. The number of carbonyl (C=O) groups is 2. The van der Waals surface area contributed by atoms with Crippen LogP contribution in [0.4, 0.5) is 10.8 Å². The van der Waals surface area contributed by atoms with E-state index in [0.29, 0.717) is 29.2 Å². The Hall–Kier alpha value is -3.46. The lowest BCUT2D eigenvalue weighted by atomic mass is 9.89. The molecule has 3 aromatic rings. The third kappa shape index (κ3) is 6.77. The number of amides is 2. The monoisotopic (exact) mass is 479 g/mol. The van der Waals surface area contributed by atoms with Crippen molar-refractivity contribution in [1.82, 2.24) is 14.9 Å². The van der Waals surface area contributed by atoms with E-state index >= 15 is 0 Å². The van der Waals surface area contributed by atoms with E-state index in [4.69, 9.17) is 10.5 Å². The van der Waals surface area contributed by atoms with E-state index < -0.39 is 0 Å². The fraction of sp³-hybridized carbons (Fsp3) is 0.360. The third-order valence-corrected chi connectivity index (χ3v) is 6.53. The molecule has 0 radical (unpaired) electrons. The summed E-state index contributed by atoms with van der Waals surface area (Å²) >= 11 is 1.39. The van der Waals surface area contributed by atoms with Gasteiger partial charge in [-0.1, -0.05) is 37.5 Å². The zero-order chi connectivity index (χ0) is 23.8. The van der Waals surface area contributed by atoms with E-state index in [1.807, 2.05) is 29.6 Å². The van der Waals surface area contributed by atoms with Gasteiger partial charge in [0.05, 0.1) is 12.2 Å². The molecule has 1 saturated carbocycles. The van der Waals surface area contributed by atoms with Gasteiger partial charge >= 0.3 is 0 Å². The molecule has 0 spiro atoms. The van der Waals surface area contributed by atoms with Crippen LogP contribution in [-0.4, -0.2) is 46.4 Å². The highest BCUT2D eigenvalue weighted by molar-refractivity contribution is 7.13. The van der Waals surface area contributed by atoms with Crippen molar-refractivity contribution in [2.75, 3.05) is 30.7 Å². The highest BCUT2D eigenvalue weighted by Gasteiger charge is 2.23. The molecule has 8 nitrogen and oxygen atoms in total. The van der Waals surface area contributed by atoms with Gasteiger partial charge in [0.1, 0.15) is 0 Å². The summed E-state index contributed by atoms with van der Waals surface area (Å²) in [7, 11) is 0. The number of aromatic nitrogens is 2. The van der Waals surface area contributed by atoms with E-state index in [0.717, 1.165) is 24.1 Å². The van der Waals surface area contributed by atoms with E-state index in [-0.39, 0.29) is 25.0 Å². The van der Waals surface area contributed by atoms with Gasteiger partial charge in [0.2, 0.25) is 11.8 Å². The standard InChI is InChI=1S/C25H29N5O3S/c26-25-29-21(17-34-25)19-9-11-20(12-10-19)28-22(31)15-30(14-18-6-2-1-3-7-18)24(32)16-33-23-8-4-5-13-27-23/h4-5,8-13,17-18H,1-3,6-7,14-16H2,(H2,26,29)(H,28,31). The molecule has 0 bridgehead atoms. The number of benzene rings is 1. The zero-order valence-electron chi connectivity index (χ0n) is 19.0. The average Bonchev–Trinajstić information content (AvgIpc) is 3.30. The molecule has 1 aliphatic rings. The van der Waals surface area contributed by atoms with Gasteiger partial charge in [-0.15, -0.1) is 11.3 Å². The zero-order valence-corrected chi connectivity index (χ0v) is 19.8. The van der Waals surface area contributed by atoms with Crippen molar-refractivity contribution in [2.24, 2.45) is 5.92 Å². The summed E-state index contributed by atoms with van der Waals surface area (Å²) in [6.45, 7) is 0.385. The van der Waals surface area contributed by atoms with Crippen LogP contribution in [0.25, 0.3) is 11.3 Å². The summed E-state index contributed by atoms with van der Waals surface area (Å²) in [5, 5.41) is 5.30. The summed E-state index contributed by atoms with van der Waals surface area (Å²) in [5.74, 6) is 0.334. The predicted octanol–water partition coefficient (Wildman–Crippen LogP) is 4.21. The number of nitrogens with zero attached hydrogens (tertiary/aromatic N) is 3. The molecule has 2 heterocycles. The number of ether oxygens (including phenoxy) is 1. The quantitative estimate of drug-likeness (QED) is 0.476. The summed E-state index contributed by atoms with van der Waals surface area (Å²) in [4.78, 5) is 35.7. The van der Waals surface area contributed by atoms with Crippen molar-refractivity contribution >= 4 is 34.0 Å². The first-order valence-electron chi connectivity index (χ1n) is 11.5. The first-order valence-corrected chi connectivity index (χ1v) is 12.4. The van der Waals surface area contributed by atoms with Crippen molar-refractivity contribution in [3.8, 4) is 17.1 Å². The molecule has 0 atom stereocenters. The van der Waals surface area contributed by atoms with Gasteiger partial charge in [-0.2, -0.15) is 0 Å². The molecule has 3 N–H and O–H groups in total. The first-order chi connectivity index (χ1) is 16.6. The molecular formula is C25H29N5O3S. The molecule has 1 fully saturated rings. The van der Waals surface area contributed by atoms with Crippen LogP contribution in [-0.2, 0) is 9.59 Å². The summed E-state index contributed by atoms with van der Waals surface area (Å²) in [6, 6.07) is 12.7. The number of nitrogens with one attached hydrogen (secondary N) is 1. The van der Waals surface area contributed by atoms with E-state index in [2.05, 4.69) is 15.3 Å². The Morgan fingerprint density at radius 1 is 1.12 bits per heavy atom. The molecule has 1 aromatic carbocycles. The minimum absolute atomic E-state index is 0.0225. The molecule has 9 heteroatoms. The second kappa shape index (κ2) is 11.6. The number of hydrogen-bond donors (Lipinski definition) is 2. The number of nitrogen functional groups attached to an aromatic ring is 1. The van der Waals surface area contributed by atoms with Crippen LogP contribution >= 0.6 is 11.3 Å². The maximum absolute atomic E-state index is 13.0. The van der Waals surface area contributed by atoms with Crippen LogP contribution in [0, 0.1) is 5.92 Å². The van der Waals surface area contributed by atoms with Gasteiger partial charge in [0.25, 0.3) is 5.91 Å². The van der Waals surface area contributed by atoms with Crippen molar-refractivity contribution in [3.05, 3.63) is 54.0 Å². The van der Waals surface area contributed by atoms with Crippen molar-refractivity contribution in [2.45, 2.75) is 32.1 Å². The molecule has 0 aliphatic heterocycles. The van der Waals surface area contributed by atoms with Crippen molar-refractivity contribution < 1.29 is 14.3 Å². The fourth-order valence-electron chi connectivity index (χ4n) is 4.11. The van der Waals surface area contributed by atoms with Gasteiger partial charge in [-0.3, -0.25) is 9.59 Å². The lowest BCUT2D eigenvalue weighted by molar-refractivity contribution is -0.137. The maximum Gasteiger partial charge on any atom is 0.261 e. The third-order valence-electron chi connectivity index (χ3n) is 5.86. The number of carbonyl (C=O) groups excluding carboxylic acids is 2. The molecule has 178 valence electrons. The van der Waals surface area contributed by atoms with Crippen LogP contribution < -0.4 is 15.8 Å². The summed E-state index contributed by atoms with van der Waals surface area (Å²) < 4.78 is 5.55. The molecule has 0 saturated heterocycles. The minimum atomic E-state index is -0.243. The minimum Gasteiger partial charge on any atom is -0.468 e. The van der Waals surface area contributed by atoms with Crippen molar-refractivity contribution in [3.63, 3.8) is 0 Å². The Bertz CT molecular complexity index is 1080. The smallest absolute Gasteiger partial charge is 0.261 e. The lowest BCUT2D eigenvalue weighted by Gasteiger charge is -2.29. The van der Waals surface area contributed by atoms with Gasteiger partial charge in [0.15, 0.2) is 11.7 Å². The van der Waals surface area contributed by atoms with Crippen LogP contribution in [0.15, 0.2) is 54.0 Å². The maximum atomic E-state index is 13.0. The molecule has 2 amide bonds. The fourth-order valence-corrected chi connectivity index (χ4v) is 4.69. The Balaban J connectivity index is 1.36. The number of hydrogen-bond acceptors (Lipinski definition) is 7. The lowest BCUT2D eigenvalue weighted by Crippen LogP contribution is -2.43. The number of pyridine rings is 1. The molecule has 34 heavy (non-hydrogen) atoms. The van der Waals surface area contributed by atoms with Gasteiger partial charge < -0.3 is 20.7 Å². The summed E-state index contributed by atoms with van der Waals surface area (Å²) in [6.07, 6.45) is 7.34. The Labute approximate surface area is 203 Å². The van der Waals surface area contributed by atoms with Gasteiger partial charge in [-0.25, -0.2) is 9.97 Å².